The van der Waals surface area contributed by atoms with Crippen LogP contribution in [-0.2, 0) is 11.3 Å². The number of carbonyl (C=O) groups excluding carboxylic acids is 2. The van der Waals surface area contributed by atoms with E-state index in [0.29, 0.717) is 28.6 Å². The van der Waals surface area contributed by atoms with Crippen LogP contribution in [-0.4, -0.2) is 18.4 Å². The predicted octanol–water partition coefficient (Wildman–Crippen LogP) is 4.29. The zero-order chi connectivity index (χ0) is 19.8. The van der Waals surface area contributed by atoms with Gasteiger partial charge in [-0.3, -0.25) is 9.59 Å². The first kappa shape index (κ1) is 19.5. The van der Waals surface area contributed by atoms with Crippen molar-refractivity contribution in [3.05, 3.63) is 95.0 Å². The maximum absolute atomic E-state index is 12.3. The molecule has 0 spiro atoms. The van der Waals surface area contributed by atoms with Crippen molar-refractivity contribution in [3.8, 4) is 5.75 Å². The van der Waals surface area contributed by atoms with Crippen LogP contribution in [0.5, 0.6) is 5.75 Å². The molecule has 0 bridgehead atoms. The first-order valence-electron chi connectivity index (χ1n) is 8.70. The lowest BCUT2D eigenvalue weighted by Gasteiger charge is -2.09. The Morgan fingerprint density at radius 1 is 0.893 bits per heavy atom. The minimum absolute atomic E-state index is 0.179. The molecule has 0 aliphatic heterocycles. The molecule has 0 unspecified atom stereocenters. The first-order valence-corrected chi connectivity index (χ1v) is 9.08. The number of hydrogen-bond donors (Lipinski definition) is 2. The average molecular weight is 395 g/mol. The Morgan fingerprint density at radius 2 is 1.68 bits per heavy atom. The van der Waals surface area contributed by atoms with Crippen molar-refractivity contribution in [2.45, 2.75) is 6.54 Å². The molecule has 142 valence electrons. The van der Waals surface area contributed by atoms with Gasteiger partial charge in [0.05, 0.1) is 0 Å². The molecule has 0 aliphatic rings. The summed E-state index contributed by atoms with van der Waals surface area (Å²) in [4.78, 5) is 24.3. The van der Waals surface area contributed by atoms with E-state index < -0.39 is 0 Å². The maximum Gasteiger partial charge on any atom is 0.262 e. The van der Waals surface area contributed by atoms with Gasteiger partial charge in [0.2, 0.25) is 0 Å². The molecule has 2 amide bonds. The zero-order valence-electron chi connectivity index (χ0n) is 15.0. The second-order valence-electron chi connectivity index (χ2n) is 6.04. The molecule has 0 aromatic heterocycles. The van der Waals surface area contributed by atoms with Crippen LogP contribution in [0, 0.1) is 0 Å². The number of halogens is 1. The highest BCUT2D eigenvalue weighted by atomic mass is 35.5. The number of rotatable bonds is 7. The van der Waals surface area contributed by atoms with Crippen molar-refractivity contribution in [2.75, 3.05) is 11.9 Å². The Morgan fingerprint density at radius 3 is 2.46 bits per heavy atom. The minimum Gasteiger partial charge on any atom is -0.484 e. The Bertz CT molecular complexity index is 961. The third-order valence-electron chi connectivity index (χ3n) is 3.87. The highest BCUT2D eigenvalue weighted by Gasteiger charge is 2.08. The summed E-state index contributed by atoms with van der Waals surface area (Å²) in [6.45, 7) is 0.258. The molecule has 0 saturated carbocycles. The summed E-state index contributed by atoms with van der Waals surface area (Å²) in [5, 5.41) is 6.10. The van der Waals surface area contributed by atoms with Gasteiger partial charge in [-0.25, -0.2) is 0 Å². The molecule has 0 heterocycles. The summed E-state index contributed by atoms with van der Waals surface area (Å²) in [7, 11) is 0. The fraction of sp³-hybridized carbons (Fsp3) is 0.0909. The molecule has 0 aliphatic carbocycles. The molecule has 2 N–H and O–H groups in total. The fourth-order valence-electron chi connectivity index (χ4n) is 2.52. The molecule has 5 nitrogen and oxygen atoms in total. The Hall–Kier alpha value is -3.31. The third-order valence-corrected chi connectivity index (χ3v) is 4.11. The third kappa shape index (κ3) is 5.86. The molecule has 3 rings (SSSR count). The molecule has 0 atom stereocenters. The molecule has 3 aromatic carbocycles. The van der Waals surface area contributed by atoms with E-state index in [1.165, 1.54) is 0 Å². The molecule has 3 aromatic rings. The number of ether oxygens (including phenoxy) is 1. The van der Waals surface area contributed by atoms with Crippen molar-refractivity contribution in [2.24, 2.45) is 0 Å². The molecular weight excluding hydrogens is 376 g/mol. The van der Waals surface area contributed by atoms with Gasteiger partial charge in [0.15, 0.2) is 6.61 Å². The van der Waals surface area contributed by atoms with E-state index in [4.69, 9.17) is 16.3 Å². The van der Waals surface area contributed by atoms with E-state index in [9.17, 15) is 9.59 Å². The number of nitrogens with one attached hydrogen (secondary N) is 2. The molecular formula is C22H19ClN2O3. The van der Waals surface area contributed by atoms with Crippen molar-refractivity contribution in [1.82, 2.24) is 5.32 Å². The summed E-state index contributed by atoms with van der Waals surface area (Å²) in [6, 6.07) is 23.2. The maximum atomic E-state index is 12.3. The van der Waals surface area contributed by atoms with Crippen LogP contribution >= 0.6 is 11.6 Å². The van der Waals surface area contributed by atoms with Gasteiger partial charge in [0, 0.05) is 22.8 Å². The molecule has 28 heavy (non-hydrogen) atoms. The summed E-state index contributed by atoms with van der Waals surface area (Å²) < 4.78 is 5.50. The normalized spacial score (nSPS) is 10.2. The molecule has 0 saturated heterocycles. The standard InChI is InChI=1S/C22H19ClN2O3/c23-18-9-5-10-19(13-18)25-21(26)15-28-20-11-4-8-17(12-20)22(27)24-14-16-6-2-1-3-7-16/h1-13H,14-15H2,(H,24,27)(H,25,26). The van der Waals surface area contributed by atoms with Crippen molar-refractivity contribution < 1.29 is 14.3 Å². The van der Waals surface area contributed by atoms with Gasteiger partial charge in [-0.1, -0.05) is 54.1 Å². The van der Waals surface area contributed by atoms with Gasteiger partial charge < -0.3 is 15.4 Å². The number of benzene rings is 3. The van der Waals surface area contributed by atoms with Crippen LogP contribution in [0.3, 0.4) is 0 Å². The summed E-state index contributed by atoms with van der Waals surface area (Å²) in [6.07, 6.45) is 0. The lowest BCUT2D eigenvalue weighted by Crippen LogP contribution is -2.23. The van der Waals surface area contributed by atoms with E-state index in [2.05, 4.69) is 10.6 Å². The monoisotopic (exact) mass is 394 g/mol. The number of carbonyl (C=O) groups is 2. The summed E-state index contributed by atoms with van der Waals surface area (Å²) >= 11 is 5.89. The van der Waals surface area contributed by atoms with Gasteiger partial charge in [-0.2, -0.15) is 0 Å². The van der Waals surface area contributed by atoms with Gasteiger partial charge in [-0.05, 0) is 42.0 Å². The predicted molar refractivity (Wildman–Crippen MR) is 110 cm³/mol. The van der Waals surface area contributed by atoms with Crippen molar-refractivity contribution in [1.29, 1.82) is 0 Å². The lowest BCUT2D eigenvalue weighted by molar-refractivity contribution is -0.118. The quantitative estimate of drug-likeness (QED) is 0.628. The van der Waals surface area contributed by atoms with Gasteiger partial charge in [0.1, 0.15) is 5.75 Å². The lowest BCUT2D eigenvalue weighted by atomic mass is 10.2. The fourth-order valence-corrected chi connectivity index (χ4v) is 2.71. The second-order valence-corrected chi connectivity index (χ2v) is 6.48. The van der Waals surface area contributed by atoms with E-state index >= 15 is 0 Å². The van der Waals surface area contributed by atoms with Crippen LogP contribution in [0.4, 0.5) is 5.69 Å². The Balaban J connectivity index is 1.52. The smallest absolute Gasteiger partial charge is 0.262 e. The van der Waals surface area contributed by atoms with E-state index in [1.807, 2.05) is 30.3 Å². The molecule has 6 heteroatoms. The van der Waals surface area contributed by atoms with E-state index in [1.54, 1.807) is 48.5 Å². The molecule has 0 fully saturated rings. The highest BCUT2D eigenvalue weighted by Crippen LogP contribution is 2.16. The van der Waals surface area contributed by atoms with Crippen LogP contribution in [0.1, 0.15) is 15.9 Å². The number of amides is 2. The van der Waals surface area contributed by atoms with Crippen LogP contribution < -0.4 is 15.4 Å². The number of hydrogen-bond acceptors (Lipinski definition) is 3. The second kappa shape index (κ2) is 9.58. The largest absolute Gasteiger partial charge is 0.484 e. The van der Waals surface area contributed by atoms with Crippen LogP contribution in [0.15, 0.2) is 78.9 Å². The zero-order valence-corrected chi connectivity index (χ0v) is 15.8. The van der Waals surface area contributed by atoms with E-state index in [-0.39, 0.29) is 18.4 Å². The van der Waals surface area contributed by atoms with E-state index in [0.717, 1.165) is 5.56 Å². The summed E-state index contributed by atoms with van der Waals surface area (Å²) in [5.41, 5.74) is 2.07. The molecule has 0 radical (unpaired) electrons. The summed E-state index contributed by atoms with van der Waals surface area (Å²) in [5.74, 6) is -0.0903. The van der Waals surface area contributed by atoms with Crippen molar-refractivity contribution >= 4 is 29.1 Å². The first-order chi connectivity index (χ1) is 13.6. The Kier molecular flexibility index (Phi) is 6.65. The number of anilines is 1. The topological polar surface area (TPSA) is 67.4 Å². The van der Waals surface area contributed by atoms with Crippen molar-refractivity contribution in [3.63, 3.8) is 0 Å². The van der Waals surface area contributed by atoms with Crippen LogP contribution in [0.2, 0.25) is 5.02 Å². The van der Waals surface area contributed by atoms with Gasteiger partial charge in [0.25, 0.3) is 11.8 Å². The Labute approximate surface area is 168 Å². The average Bonchev–Trinajstić information content (AvgIpc) is 2.71. The SMILES string of the molecule is O=C(COc1cccc(C(=O)NCc2ccccc2)c1)Nc1cccc(Cl)c1. The van der Waals surface area contributed by atoms with Crippen LogP contribution in [0.25, 0.3) is 0 Å². The van der Waals surface area contributed by atoms with Gasteiger partial charge >= 0.3 is 0 Å². The minimum atomic E-state index is -0.318. The highest BCUT2D eigenvalue weighted by molar-refractivity contribution is 6.30. The van der Waals surface area contributed by atoms with Gasteiger partial charge in [-0.15, -0.1) is 0 Å².